The second-order valence-corrected chi connectivity index (χ2v) is 8.31. The maximum absolute atomic E-state index is 15.7. The van der Waals surface area contributed by atoms with Gasteiger partial charge in [0.05, 0.1) is 10.9 Å². The molecule has 3 aliphatic rings. The zero-order valence-electron chi connectivity index (χ0n) is 16.4. The summed E-state index contributed by atoms with van der Waals surface area (Å²) in [5.74, 6) is -5.73. The summed E-state index contributed by atoms with van der Waals surface area (Å²) in [7, 11) is 0. The molecule has 7 nitrogen and oxygen atoms in total. The number of nitrogens with two attached hydrogens (primary N) is 1. The van der Waals surface area contributed by atoms with Crippen molar-refractivity contribution in [3.05, 3.63) is 39.4 Å². The molecule has 2 aliphatic heterocycles. The van der Waals surface area contributed by atoms with E-state index in [1.165, 1.54) is 9.47 Å². The number of carboxylic acids is 1. The summed E-state index contributed by atoms with van der Waals surface area (Å²) in [6, 6.07) is -0.268. The quantitative estimate of drug-likeness (QED) is 0.681. The number of aromatic carboxylic acids is 1. The fraction of sp³-hybridized carbons (Fsp3) is 0.500. The van der Waals surface area contributed by atoms with Gasteiger partial charge in [-0.2, -0.15) is 0 Å². The summed E-state index contributed by atoms with van der Waals surface area (Å²) < 4.78 is 52.9. The van der Waals surface area contributed by atoms with Crippen LogP contribution in [-0.4, -0.2) is 47.5 Å². The summed E-state index contributed by atoms with van der Waals surface area (Å²) in [6.07, 6.45) is 2.96. The van der Waals surface area contributed by atoms with Crippen LogP contribution in [0.3, 0.4) is 0 Å². The number of pyridine rings is 1. The van der Waals surface area contributed by atoms with Crippen molar-refractivity contribution >= 4 is 35.0 Å². The molecule has 5 rings (SSSR count). The van der Waals surface area contributed by atoms with E-state index in [0.717, 1.165) is 6.20 Å². The van der Waals surface area contributed by atoms with Crippen LogP contribution >= 0.6 is 12.4 Å². The van der Waals surface area contributed by atoms with E-state index in [-0.39, 0.29) is 44.0 Å². The van der Waals surface area contributed by atoms with Crippen molar-refractivity contribution in [1.29, 1.82) is 0 Å². The van der Waals surface area contributed by atoms with E-state index in [0.29, 0.717) is 25.9 Å². The number of carbonyl (C=O) groups is 1. The highest BCUT2D eigenvalue weighted by Gasteiger charge is 2.51. The minimum Gasteiger partial charge on any atom is -0.477 e. The summed E-state index contributed by atoms with van der Waals surface area (Å²) in [5, 5.41) is 8.43. The van der Waals surface area contributed by atoms with Crippen LogP contribution in [0.1, 0.15) is 35.7 Å². The highest BCUT2D eigenvalue weighted by atomic mass is 35.5. The molecule has 1 aromatic carbocycles. The van der Waals surface area contributed by atoms with Gasteiger partial charge in [-0.1, -0.05) is 0 Å². The molecule has 2 saturated heterocycles. The number of nitrogens with zero attached hydrogens (tertiary/aromatic N) is 2. The number of aromatic nitrogens is 1. The summed E-state index contributed by atoms with van der Waals surface area (Å²) in [6.45, 7) is 1.03. The van der Waals surface area contributed by atoms with Crippen LogP contribution in [0.5, 0.6) is 0 Å². The Hall–Kier alpha value is -2.30. The molecular weight excluding hydrogens is 439 g/mol. The maximum atomic E-state index is 15.7. The lowest BCUT2D eigenvalue weighted by atomic mass is 9.91. The van der Waals surface area contributed by atoms with E-state index in [1.54, 1.807) is 0 Å². The number of carboxylic acid groups (broad SMARTS) is 1. The third-order valence-corrected chi connectivity index (χ3v) is 6.60. The summed E-state index contributed by atoms with van der Waals surface area (Å²) >= 11 is 0. The minimum absolute atomic E-state index is 0. The summed E-state index contributed by atoms with van der Waals surface area (Å²) in [4.78, 5) is 25.4. The third-order valence-electron chi connectivity index (χ3n) is 6.60. The molecule has 0 radical (unpaired) electrons. The molecule has 1 aromatic heterocycles. The Morgan fingerprint density at radius 1 is 1.23 bits per heavy atom. The number of benzene rings is 1. The van der Waals surface area contributed by atoms with E-state index in [2.05, 4.69) is 0 Å². The van der Waals surface area contributed by atoms with Crippen molar-refractivity contribution < 1.29 is 27.8 Å². The first-order valence-electron chi connectivity index (χ1n) is 9.86. The average molecular weight is 460 g/mol. The lowest BCUT2D eigenvalue weighted by molar-refractivity contribution is 0.0126. The average Bonchev–Trinajstić information content (AvgIpc) is 3.38. The van der Waals surface area contributed by atoms with Crippen molar-refractivity contribution in [3.63, 3.8) is 0 Å². The smallest absolute Gasteiger partial charge is 0.341 e. The van der Waals surface area contributed by atoms with E-state index in [9.17, 15) is 14.7 Å². The fourth-order valence-corrected chi connectivity index (χ4v) is 4.89. The summed E-state index contributed by atoms with van der Waals surface area (Å²) in [5.41, 5.74) is 2.20. The van der Waals surface area contributed by atoms with Gasteiger partial charge in [0.15, 0.2) is 17.5 Å². The van der Waals surface area contributed by atoms with Crippen molar-refractivity contribution in [2.45, 2.75) is 30.9 Å². The first-order chi connectivity index (χ1) is 14.3. The number of rotatable bonds is 4. The normalized spacial score (nSPS) is 25.0. The lowest BCUT2D eigenvalue weighted by Gasteiger charge is -2.27. The minimum atomic E-state index is -1.57. The van der Waals surface area contributed by atoms with Crippen LogP contribution < -0.4 is 16.1 Å². The van der Waals surface area contributed by atoms with Gasteiger partial charge in [-0.3, -0.25) is 4.79 Å². The molecular formula is C20H21ClF3N3O4. The third kappa shape index (κ3) is 3.03. The Labute approximate surface area is 181 Å². The molecule has 0 bridgehead atoms. The highest BCUT2D eigenvalue weighted by Crippen LogP contribution is 2.44. The molecule has 11 heteroatoms. The molecule has 3 fully saturated rings. The van der Waals surface area contributed by atoms with Gasteiger partial charge in [0.25, 0.3) is 0 Å². The van der Waals surface area contributed by atoms with Gasteiger partial charge >= 0.3 is 5.97 Å². The fourth-order valence-electron chi connectivity index (χ4n) is 4.89. The standard InChI is InChI=1S/C20H20F3N3O4.ClH/c21-13-12-16(26(10-1-2-10)6-11(18(12)27)19(28)29)15(23)17(14(13)22)25-5-9-3-4-30-20(9,7-24)8-25;/h6,9-10H,1-5,7-8,24H2,(H,28,29);1H. The van der Waals surface area contributed by atoms with E-state index in [4.69, 9.17) is 10.5 Å². The Morgan fingerprint density at radius 2 is 1.94 bits per heavy atom. The number of fused-ring (bicyclic) bond motifs is 2. The highest BCUT2D eigenvalue weighted by molar-refractivity contribution is 5.94. The Kier molecular flexibility index (Phi) is 5.22. The lowest BCUT2D eigenvalue weighted by Crippen LogP contribution is -2.44. The van der Waals surface area contributed by atoms with Gasteiger partial charge in [0.1, 0.15) is 16.9 Å². The first kappa shape index (κ1) is 21.9. The van der Waals surface area contributed by atoms with E-state index >= 15 is 13.2 Å². The van der Waals surface area contributed by atoms with Crippen molar-refractivity contribution in [1.82, 2.24) is 4.57 Å². The maximum Gasteiger partial charge on any atom is 0.341 e. The number of hydrogen-bond donors (Lipinski definition) is 2. The predicted octanol–water partition coefficient (Wildman–Crippen LogP) is 2.43. The number of halogens is 4. The Bertz CT molecular complexity index is 1150. The van der Waals surface area contributed by atoms with Crippen molar-refractivity contribution in [2.24, 2.45) is 11.7 Å². The predicted molar refractivity (Wildman–Crippen MR) is 109 cm³/mol. The first-order valence-corrected chi connectivity index (χ1v) is 9.86. The monoisotopic (exact) mass is 459 g/mol. The van der Waals surface area contributed by atoms with Gasteiger partial charge in [-0.05, 0) is 19.3 Å². The topological polar surface area (TPSA) is 97.8 Å². The molecule has 0 amide bonds. The zero-order valence-corrected chi connectivity index (χ0v) is 17.2. The van der Waals surface area contributed by atoms with Crippen LogP contribution in [-0.2, 0) is 4.74 Å². The van der Waals surface area contributed by atoms with Crippen LogP contribution in [0.25, 0.3) is 10.9 Å². The van der Waals surface area contributed by atoms with Gasteiger partial charge in [-0.25, -0.2) is 18.0 Å². The van der Waals surface area contributed by atoms with Gasteiger partial charge in [-0.15, -0.1) is 12.4 Å². The molecule has 168 valence electrons. The van der Waals surface area contributed by atoms with Crippen molar-refractivity contribution in [3.8, 4) is 0 Å². The molecule has 1 saturated carbocycles. The molecule has 31 heavy (non-hydrogen) atoms. The molecule has 3 heterocycles. The van der Waals surface area contributed by atoms with Crippen LogP contribution in [0.2, 0.25) is 0 Å². The van der Waals surface area contributed by atoms with Crippen molar-refractivity contribution in [2.75, 3.05) is 31.1 Å². The molecule has 2 unspecified atom stereocenters. The SMILES string of the molecule is Cl.NCC12CN(c3c(F)c(F)c4c(=O)c(C(=O)O)cn(C5CC5)c4c3F)CC1CCO2. The number of ether oxygens (including phenoxy) is 1. The Morgan fingerprint density at radius 3 is 2.52 bits per heavy atom. The van der Waals surface area contributed by atoms with Gasteiger partial charge in [0.2, 0.25) is 5.43 Å². The number of hydrogen-bond acceptors (Lipinski definition) is 5. The molecule has 3 N–H and O–H groups in total. The largest absolute Gasteiger partial charge is 0.477 e. The molecule has 2 atom stereocenters. The second-order valence-electron chi connectivity index (χ2n) is 8.31. The van der Waals surface area contributed by atoms with Crippen LogP contribution in [0, 0.1) is 23.4 Å². The van der Waals surface area contributed by atoms with Crippen LogP contribution in [0.15, 0.2) is 11.0 Å². The zero-order chi connectivity index (χ0) is 21.4. The molecule has 0 spiro atoms. The van der Waals surface area contributed by atoms with E-state index in [1.807, 2.05) is 0 Å². The molecule has 2 aromatic rings. The second kappa shape index (κ2) is 7.39. The molecule has 1 aliphatic carbocycles. The van der Waals surface area contributed by atoms with Crippen LogP contribution in [0.4, 0.5) is 18.9 Å². The number of anilines is 1. The van der Waals surface area contributed by atoms with Gasteiger partial charge in [0, 0.05) is 44.4 Å². The van der Waals surface area contributed by atoms with E-state index < -0.39 is 56.6 Å². The Balaban J connectivity index is 0.00000231. The van der Waals surface area contributed by atoms with Gasteiger partial charge < -0.3 is 25.0 Å².